The third-order valence-corrected chi connectivity index (χ3v) is 8.41. The first-order valence-electron chi connectivity index (χ1n) is 19.5. The van der Waals surface area contributed by atoms with E-state index < -0.39 is 6.10 Å². The van der Waals surface area contributed by atoms with E-state index in [4.69, 9.17) is 9.47 Å². The molecular formula is C41H74O5. The highest BCUT2D eigenvalue weighted by Crippen LogP contribution is 2.13. The van der Waals surface area contributed by atoms with Crippen LogP contribution in [0.25, 0.3) is 0 Å². The lowest BCUT2D eigenvalue weighted by Crippen LogP contribution is -2.28. The topological polar surface area (TPSA) is 72.8 Å². The van der Waals surface area contributed by atoms with Crippen LogP contribution < -0.4 is 0 Å². The van der Waals surface area contributed by atoms with E-state index in [-0.39, 0.29) is 25.2 Å². The number of hydrogen-bond donors (Lipinski definition) is 1. The minimum atomic E-state index is -0.775. The smallest absolute Gasteiger partial charge is 0.306 e. The molecule has 0 aliphatic rings. The van der Waals surface area contributed by atoms with Crippen molar-refractivity contribution in [2.24, 2.45) is 0 Å². The van der Waals surface area contributed by atoms with Gasteiger partial charge in [-0.3, -0.25) is 9.59 Å². The fourth-order valence-electron chi connectivity index (χ4n) is 5.40. The number of hydrogen-bond acceptors (Lipinski definition) is 5. The molecule has 1 unspecified atom stereocenters. The van der Waals surface area contributed by atoms with Crippen LogP contribution in [-0.2, 0) is 19.1 Å². The molecule has 0 heterocycles. The van der Waals surface area contributed by atoms with Gasteiger partial charge < -0.3 is 14.6 Å². The van der Waals surface area contributed by atoms with Crippen LogP contribution in [0, 0.1) is 0 Å². The Balaban J connectivity index is 3.56. The van der Waals surface area contributed by atoms with E-state index in [0.717, 1.165) is 51.4 Å². The van der Waals surface area contributed by atoms with Crippen LogP contribution in [-0.4, -0.2) is 36.4 Å². The molecule has 0 aromatic carbocycles. The standard InChI is InChI=1S/C41H74O5/c1-3-5-7-9-11-13-15-17-18-19-20-21-22-24-25-27-29-31-33-35-40(43)45-38-39(37-42)46-41(44)36-34-32-30-28-26-23-16-14-12-10-8-6-4-2/h11,13-14,16-18,39,42H,3-10,12,15,19-38H2,1-2H3. The average molecular weight is 647 g/mol. The Kier molecular flexibility index (Phi) is 36.0. The molecule has 0 aromatic heterocycles. The largest absolute Gasteiger partial charge is 0.462 e. The maximum absolute atomic E-state index is 12.1. The van der Waals surface area contributed by atoms with E-state index in [1.165, 1.54) is 116 Å². The van der Waals surface area contributed by atoms with Gasteiger partial charge in [0.1, 0.15) is 6.61 Å². The van der Waals surface area contributed by atoms with Crippen molar-refractivity contribution in [3.8, 4) is 0 Å². The molecule has 0 rings (SSSR count). The zero-order chi connectivity index (χ0) is 33.6. The number of aliphatic hydroxyl groups excluding tert-OH is 1. The monoisotopic (exact) mass is 647 g/mol. The Morgan fingerprint density at radius 1 is 0.500 bits per heavy atom. The highest BCUT2D eigenvalue weighted by molar-refractivity contribution is 5.70. The fraction of sp³-hybridized carbons (Fsp3) is 0.805. The number of ether oxygens (including phenoxy) is 2. The van der Waals surface area contributed by atoms with E-state index in [0.29, 0.717) is 12.8 Å². The van der Waals surface area contributed by atoms with Gasteiger partial charge in [-0.25, -0.2) is 0 Å². The average Bonchev–Trinajstić information content (AvgIpc) is 3.06. The molecule has 5 heteroatoms. The number of allylic oxidation sites excluding steroid dienone is 6. The van der Waals surface area contributed by atoms with Gasteiger partial charge in [-0.1, -0.05) is 147 Å². The van der Waals surface area contributed by atoms with Crippen LogP contribution in [0.4, 0.5) is 0 Å². The maximum Gasteiger partial charge on any atom is 0.306 e. The number of carbonyl (C=O) groups excluding carboxylic acids is 2. The predicted molar refractivity (Wildman–Crippen MR) is 196 cm³/mol. The molecule has 0 spiro atoms. The second-order valence-corrected chi connectivity index (χ2v) is 13.0. The van der Waals surface area contributed by atoms with Crippen LogP contribution in [0.2, 0.25) is 0 Å². The highest BCUT2D eigenvalue weighted by atomic mass is 16.6. The van der Waals surface area contributed by atoms with Crippen LogP contribution in [0.5, 0.6) is 0 Å². The van der Waals surface area contributed by atoms with Gasteiger partial charge >= 0.3 is 11.9 Å². The molecule has 0 saturated carbocycles. The molecule has 5 nitrogen and oxygen atoms in total. The van der Waals surface area contributed by atoms with Crippen molar-refractivity contribution in [1.82, 2.24) is 0 Å². The molecule has 0 amide bonds. The van der Waals surface area contributed by atoms with Gasteiger partial charge in [0.15, 0.2) is 6.10 Å². The highest BCUT2D eigenvalue weighted by Gasteiger charge is 2.16. The van der Waals surface area contributed by atoms with Gasteiger partial charge in [-0.2, -0.15) is 0 Å². The van der Waals surface area contributed by atoms with Gasteiger partial charge in [0, 0.05) is 12.8 Å². The molecular weight excluding hydrogens is 572 g/mol. The lowest BCUT2D eigenvalue weighted by molar-refractivity contribution is -0.161. The van der Waals surface area contributed by atoms with Gasteiger partial charge in [-0.15, -0.1) is 0 Å². The van der Waals surface area contributed by atoms with E-state index in [1.54, 1.807) is 0 Å². The van der Waals surface area contributed by atoms with E-state index in [1.807, 2.05) is 0 Å². The number of carbonyl (C=O) groups is 2. The van der Waals surface area contributed by atoms with Gasteiger partial charge in [0.05, 0.1) is 6.61 Å². The summed E-state index contributed by atoms with van der Waals surface area (Å²) in [6.45, 7) is 4.08. The van der Waals surface area contributed by atoms with Crippen LogP contribution in [0.1, 0.15) is 194 Å². The molecule has 0 radical (unpaired) electrons. The molecule has 0 aliphatic carbocycles. The quantitative estimate of drug-likeness (QED) is 0.0421. The minimum absolute atomic E-state index is 0.0703. The molecule has 1 atom stereocenters. The molecule has 46 heavy (non-hydrogen) atoms. The maximum atomic E-state index is 12.1. The summed E-state index contributed by atoms with van der Waals surface area (Å²) >= 11 is 0. The SMILES string of the molecule is CCCCCC=CCC=CCCCCCCCCCCCC(=O)OCC(CO)OC(=O)CCCCCCCC=CCCCCCC. The first-order valence-corrected chi connectivity index (χ1v) is 19.5. The van der Waals surface area contributed by atoms with Crippen LogP contribution in [0.15, 0.2) is 36.5 Å². The number of aliphatic hydroxyl groups is 1. The first-order chi connectivity index (χ1) is 22.6. The second-order valence-electron chi connectivity index (χ2n) is 13.0. The molecule has 0 bridgehead atoms. The van der Waals surface area contributed by atoms with Gasteiger partial charge in [0.2, 0.25) is 0 Å². The molecule has 0 aromatic rings. The Hall–Kier alpha value is -1.88. The predicted octanol–water partition coefficient (Wildman–Crippen LogP) is 12.1. The third kappa shape index (κ3) is 35.0. The molecule has 0 fully saturated rings. The summed E-state index contributed by atoms with van der Waals surface area (Å²) < 4.78 is 10.6. The first kappa shape index (κ1) is 44.1. The Morgan fingerprint density at radius 3 is 1.35 bits per heavy atom. The van der Waals surface area contributed by atoms with Crippen molar-refractivity contribution in [1.29, 1.82) is 0 Å². The summed E-state index contributed by atoms with van der Waals surface area (Å²) in [4.78, 5) is 24.2. The fourth-order valence-corrected chi connectivity index (χ4v) is 5.40. The summed E-state index contributed by atoms with van der Waals surface area (Å²) in [5, 5.41) is 9.54. The third-order valence-electron chi connectivity index (χ3n) is 8.41. The number of unbranched alkanes of at least 4 members (excludes halogenated alkanes) is 21. The Morgan fingerprint density at radius 2 is 0.870 bits per heavy atom. The lowest BCUT2D eigenvalue weighted by Gasteiger charge is -2.15. The molecule has 0 saturated heterocycles. The minimum Gasteiger partial charge on any atom is -0.462 e. The Bertz CT molecular complexity index is 741. The summed E-state index contributed by atoms with van der Waals surface area (Å²) in [6.07, 6.45) is 44.8. The molecule has 268 valence electrons. The second kappa shape index (κ2) is 37.6. The van der Waals surface area contributed by atoms with Crippen molar-refractivity contribution in [2.45, 2.75) is 200 Å². The summed E-state index contributed by atoms with van der Waals surface area (Å²) in [6, 6.07) is 0. The zero-order valence-electron chi connectivity index (χ0n) is 30.3. The van der Waals surface area contributed by atoms with Crippen molar-refractivity contribution < 1.29 is 24.2 Å². The van der Waals surface area contributed by atoms with Crippen molar-refractivity contribution in [3.63, 3.8) is 0 Å². The molecule has 1 N–H and O–H groups in total. The number of esters is 2. The van der Waals surface area contributed by atoms with E-state index in [9.17, 15) is 14.7 Å². The lowest BCUT2D eigenvalue weighted by atomic mass is 10.1. The van der Waals surface area contributed by atoms with Crippen LogP contribution >= 0.6 is 0 Å². The van der Waals surface area contributed by atoms with Gasteiger partial charge in [0.25, 0.3) is 0 Å². The Labute approximate surface area is 285 Å². The van der Waals surface area contributed by atoms with E-state index in [2.05, 4.69) is 50.3 Å². The molecule has 0 aliphatic heterocycles. The summed E-state index contributed by atoms with van der Waals surface area (Å²) in [5.41, 5.74) is 0. The normalized spacial score (nSPS) is 12.5. The summed E-state index contributed by atoms with van der Waals surface area (Å²) in [7, 11) is 0. The zero-order valence-corrected chi connectivity index (χ0v) is 30.3. The summed E-state index contributed by atoms with van der Waals surface area (Å²) in [5.74, 6) is -0.604. The van der Waals surface area contributed by atoms with Crippen molar-refractivity contribution in [2.75, 3.05) is 13.2 Å². The van der Waals surface area contributed by atoms with Gasteiger partial charge in [-0.05, 0) is 70.6 Å². The van der Waals surface area contributed by atoms with Crippen molar-refractivity contribution in [3.05, 3.63) is 36.5 Å². The van der Waals surface area contributed by atoms with Crippen molar-refractivity contribution >= 4 is 11.9 Å². The van der Waals surface area contributed by atoms with E-state index >= 15 is 0 Å². The number of rotatable bonds is 35. The van der Waals surface area contributed by atoms with Crippen LogP contribution in [0.3, 0.4) is 0 Å².